The molecule has 0 atom stereocenters. The number of ether oxygens (including phenoxy) is 1. The van der Waals surface area contributed by atoms with Crippen LogP contribution in [0.2, 0.25) is 0 Å². The Kier molecular flexibility index (Phi) is 5.88. The molecule has 1 aromatic heterocycles. The van der Waals surface area contributed by atoms with E-state index in [2.05, 4.69) is 142 Å². The third kappa shape index (κ3) is 3.75. The maximum Gasteiger partial charge on any atom is 0.215 e. The van der Waals surface area contributed by atoms with Gasteiger partial charge in [-0.3, -0.25) is 4.98 Å². The number of pyridine rings is 1. The number of para-hydroxylation sites is 5. The first-order valence-electron chi connectivity index (χ1n) is 16.1. The molecule has 1 spiro atoms. The number of rotatable bonds is 2. The standard InChI is InChI=1S/C41H27N3O3SSi/c45-48(46)36-23-22-29(26-35(36)47-34-24-25-42-27-37(34)48)44-32-16-6-10-20-40(32)49(41-21-11-7-17-33(41)44)38-18-8-4-14-30(38)43(28-12-2-1-3-13-28)31-15-5-9-19-39(31)49/h1-27H. The van der Waals surface area contributed by atoms with Gasteiger partial charge < -0.3 is 14.5 Å². The van der Waals surface area contributed by atoms with Crippen LogP contribution in [-0.4, -0.2) is 21.5 Å². The van der Waals surface area contributed by atoms with E-state index in [0.29, 0.717) is 5.75 Å². The summed E-state index contributed by atoms with van der Waals surface area (Å²) in [7, 11) is -6.71. The largest absolute Gasteiger partial charge is 0.454 e. The molecule has 0 aliphatic carbocycles. The van der Waals surface area contributed by atoms with Crippen LogP contribution in [0.4, 0.5) is 34.1 Å². The summed E-state index contributed by atoms with van der Waals surface area (Å²) in [6, 6.07) is 52.7. The van der Waals surface area contributed by atoms with Crippen LogP contribution in [0, 0.1) is 0 Å². The smallest absolute Gasteiger partial charge is 0.215 e. The van der Waals surface area contributed by atoms with Crippen LogP contribution >= 0.6 is 0 Å². The molecule has 3 aliphatic rings. The van der Waals surface area contributed by atoms with Gasteiger partial charge in [-0.15, -0.1) is 0 Å². The van der Waals surface area contributed by atoms with E-state index >= 15 is 0 Å². The van der Waals surface area contributed by atoms with E-state index in [-0.39, 0.29) is 15.5 Å². The van der Waals surface area contributed by atoms with E-state index in [4.69, 9.17) is 4.74 Å². The van der Waals surface area contributed by atoms with Crippen molar-refractivity contribution < 1.29 is 13.2 Å². The molecule has 0 saturated carbocycles. The molecule has 0 amide bonds. The summed E-state index contributed by atoms with van der Waals surface area (Å²) in [5.74, 6) is 0.583. The third-order valence-corrected chi connectivity index (χ3v) is 16.7. The number of nitrogens with zero attached hydrogens (tertiary/aromatic N) is 3. The molecular weight excluding hydrogens is 643 g/mol. The van der Waals surface area contributed by atoms with E-state index in [0.717, 1.165) is 22.7 Å². The van der Waals surface area contributed by atoms with Gasteiger partial charge in [0.15, 0.2) is 8.07 Å². The van der Waals surface area contributed by atoms with Gasteiger partial charge in [-0.25, -0.2) is 8.42 Å². The van der Waals surface area contributed by atoms with Gasteiger partial charge in [-0.1, -0.05) is 91.0 Å². The van der Waals surface area contributed by atoms with Crippen molar-refractivity contribution in [3.63, 3.8) is 0 Å². The third-order valence-electron chi connectivity index (χ3n) is 9.94. The minimum absolute atomic E-state index is 0.0797. The van der Waals surface area contributed by atoms with Crippen molar-refractivity contribution in [1.29, 1.82) is 0 Å². The molecule has 0 unspecified atom stereocenters. The molecule has 7 aromatic rings. The lowest BCUT2D eigenvalue weighted by atomic mass is 10.1. The molecule has 6 aromatic carbocycles. The molecule has 49 heavy (non-hydrogen) atoms. The fourth-order valence-electron chi connectivity index (χ4n) is 8.03. The second kappa shape index (κ2) is 10.3. The first-order valence-corrected chi connectivity index (χ1v) is 19.6. The van der Waals surface area contributed by atoms with E-state index in [9.17, 15) is 8.42 Å². The molecule has 6 nitrogen and oxygen atoms in total. The Morgan fingerprint density at radius 2 is 0.980 bits per heavy atom. The summed E-state index contributed by atoms with van der Waals surface area (Å²) in [5.41, 5.74) is 6.42. The lowest BCUT2D eigenvalue weighted by Crippen LogP contribution is -2.79. The molecule has 3 aliphatic heterocycles. The average Bonchev–Trinajstić information content (AvgIpc) is 3.15. The average molecular weight is 670 g/mol. The predicted molar refractivity (Wildman–Crippen MR) is 196 cm³/mol. The van der Waals surface area contributed by atoms with E-state index in [1.807, 2.05) is 12.1 Å². The highest BCUT2D eigenvalue weighted by Crippen LogP contribution is 2.47. The SMILES string of the molecule is O=S1(=O)c2ccc(N3c4ccccc4[Si]4(c5ccccc5N(c5ccccc5)c5ccccc54)c4ccccc43)cc2Oc2ccncc21. The molecule has 0 fully saturated rings. The van der Waals surface area contributed by atoms with Crippen molar-refractivity contribution in [3.05, 3.63) is 164 Å². The molecule has 0 saturated heterocycles. The lowest BCUT2D eigenvalue weighted by Gasteiger charge is -2.50. The highest BCUT2D eigenvalue weighted by Gasteiger charge is 2.53. The van der Waals surface area contributed by atoms with Crippen molar-refractivity contribution >= 4 is 72.8 Å². The van der Waals surface area contributed by atoms with Gasteiger partial charge in [0.05, 0.1) is 0 Å². The molecule has 0 N–H and O–H groups in total. The monoisotopic (exact) mass is 669 g/mol. The maximum atomic E-state index is 13.6. The minimum Gasteiger partial charge on any atom is -0.454 e. The Labute approximate surface area is 285 Å². The second-order valence-corrected chi connectivity index (χ2v) is 17.9. The predicted octanol–water partition coefficient (Wildman–Crippen LogP) is 6.96. The van der Waals surface area contributed by atoms with Crippen LogP contribution < -0.4 is 35.3 Å². The highest BCUT2D eigenvalue weighted by molar-refractivity contribution is 7.91. The summed E-state index contributed by atoms with van der Waals surface area (Å²) in [4.78, 5) is 8.91. The summed E-state index contributed by atoms with van der Waals surface area (Å²) in [5, 5.41) is 5.18. The Balaban J connectivity index is 1.25. The zero-order chi connectivity index (χ0) is 32.7. The Bertz CT molecular complexity index is 2500. The summed E-state index contributed by atoms with van der Waals surface area (Å²) < 4.78 is 33.5. The lowest BCUT2D eigenvalue weighted by molar-refractivity contribution is 0.442. The molecule has 10 rings (SSSR count). The van der Waals surface area contributed by atoms with Gasteiger partial charge in [0.1, 0.15) is 21.3 Å². The number of hydrogen-bond acceptors (Lipinski definition) is 6. The van der Waals surface area contributed by atoms with Gasteiger partial charge >= 0.3 is 0 Å². The fraction of sp³-hybridized carbons (Fsp3) is 0. The van der Waals surface area contributed by atoms with E-state index < -0.39 is 17.9 Å². The quantitative estimate of drug-likeness (QED) is 0.186. The molecule has 0 bridgehead atoms. The van der Waals surface area contributed by atoms with Crippen LogP contribution in [0.3, 0.4) is 0 Å². The summed E-state index contributed by atoms with van der Waals surface area (Å²) in [6.45, 7) is 0. The molecule has 8 heteroatoms. The molecule has 234 valence electrons. The highest BCUT2D eigenvalue weighted by atomic mass is 32.2. The van der Waals surface area contributed by atoms with Gasteiger partial charge in [0.25, 0.3) is 0 Å². The second-order valence-electron chi connectivity index (χ2n) is 12.4. The number of benzene rings is 6. The Morgan fingerprint density at radius 3 is 1.53 bits per heavy atom. The van der Waals surface area contributed by atoms with E-state index in [1.54, 1.807) is 18.3 Å². The molecule has 4 heterocycles. The van der Waals surface area contributed by atoms with Gasteiger partial charge in [0.2, 0.25) is 9.84 Å². The molecular formula is C41H27N3O3SSi. The van der Waals surface area contributed by atoms with Crippen molar-refractivity contribution in [2.24, 2.45) is 0 Å². The van der Waals surface area contributed by atoms with Gasteiger partial charge in [0, 0.05) is 58.7 Å². The number of anilines is 6. The summed E-state index contributed by atoms with van der Waals surface area (Å²) in [6.07, 6.45) is 2.89. The first kappa shape index (κ1) is 28.1. The van der Waals surface area contributed by atoms with Crippen molar-refractivity contribution in [3.8, 4) is 11.5 Å². The normalized spacial score (nSPS) is 15.5. The van der Waals surface area contributed by atoms with Crippen LogP contribution in [0.15, 0.2) is 174 Å². The summed E-state index contributed by atoms with van der Waals surface area (Å²) >= 11 is 0. The van der Waals surface area contributed by atoms with Gasteiger partial charge in [-0.05, 0) is 69.3 Å². The van der Waals surface area contributed by atoms with Crippen LogP contribution in [-0.2, 0) is 9.84 Å². The van der Waals surface area contributed by atoms with Crippen LogP contribution in [0.5, 0.6) is 11.5 Å². The minimum atomic E-state index is -3.79. The van der Waals surface area contributed by atoms with Crippen molar-refractivity contribution in [2.75, 3.05) is 9.80 Å². The first-order chi connectivity index (χ1) is 24.1. The van der Waals surface area contributed by atoms with Gasteiger partial charge in [-0.2, -0.15) is 0 Å². The zero-order valence-corrected chi connectivity index (χ0v) is 27.9. The topological polar surface area (TPSA) is 62.7 Å². The molecule has 0 radical (unpaired) electrons. The Morgan fingerprint density at radius 1 is 0.490 bits per heavy atom. The maximum absolute atomic E-state index is 13.6. The number of sulfone groups is 1. The van der Waals surface area contributed by atoms with Crippen LogP contribution in [0.25, 0.3) is 0 Å². The zero-order valence-electron chi connectivity index (χ0n) is 26.1. The Hall–Kier alpha value is -5.96. The fourth-order valence-corrected chi connectivity index (χ4v) is 14.9. The number of aromatic nitrogens is 1. The number of fused-ring (bicyclic) bond motifs is 10. The van der Waals surface area contributed by atoms with Crippen molar-refractivity contribution in [1.82, 2.24) is 4.98 Å². The van der Waals surface area contributed by atoms with Crippen molar-refractivity contribution in [2.45, 2.75) is 9.79 Å². The van der Waals surface area contributed by atoms with Crippen LogP contribution in [0.1, 0.15) is 0 Å². The van der Waals surface area contributed by atoms with E-state index in [1.165, 1.54) is 38.3 Å². The number of hydrogen-bond donors (Lipinski definition) is 0.